The average Bonchev–Trinajstić information content (AvgIpc) is 2.93. The van der Waals surface area contributed by atoms with E-state index in [1.54, 1.807) is 12.1 Å². The highest BCUT2D eigenvalue weighted by Gasteiger charge is 2.21. The number of rotatable bonds is 11. The first-order valence-electron chi connectivity index (χ1n) is 14.2. The number of hydrogen-bond donors (Lipinski definition) is 2. The highest BCUT2D eigenvalue weighted by molar-refractivity contribution is 5.94. The molecule has 3 aromatic rings. The average molecular weight is 560 g/mol. The van der Waals surface area contributed by atoms with E-state index in [1.807, 2.05) is 12.1 Å². The molecule has 0 aliphatic heterocycles. The van der Waals surface area contributed by atoms with Crippen LogP contribution in [0, 0.1) is 19.3 Å². The Hall–Kier alpha value is -3.64. The quantitative estimate of drug-likeness (QED) is 0.260. The maximum absolute atomic E-state index is 12.3. The predicted octanol–water partition coefficient (Wildman–Crippen LogP) is 6.57. The summed E-state index contributed by atoms with van der Waals surface area (Å²) < 4.78 is 10.7. The Morgan fingerprint density at radius 1 is 0.902 bits per heavy atom. The zero-order valence-corrected chi connectivity index (χ0v) is 25.8. The standard InChI is InChI=1S/C35H45NO5/c1-23-19-29(20-24(2)31(23)26-13-15-28(16-14-26)34(3,4)5)41-22-35(6,7)18-17-25-9-11-27(12-10-25)32(38)36-21-30(37)33(39)40-8/h9-16,19-20,30,37H,17-18,21-22H2,1-8H3,(H,36,38). The number of carbonyl (C=O) groups is 2. The van der Waals surface area contributed by atoms with Crippen LogP contribution in [-0.2, 0) is 21.4 Å². The molecule has 41 heavy (non-hydrogen) atoms. The molecule has 2 N–H and O–H groups in total. The Labute approximate surface area is 245 Å². The van der Waals surface area contributed by atoms with Gasteiger partial charge in [0.1, 0.15) is 5.75 Å². The fraction of sp³-hybridized carbons (Fsp3) is 0.429. The number of carbonyl (C=O) groups excluding carboxylic acids is 2. The number of amides is 1. The molecule has 0 spiro atoms. The number of esters is 1. The molecule has 1 unspecified atom stereocenters. The number of nitrogens with one attached hydrogen (secondary N) is 1. The van der Waals surface area contributed by atoms with E-state index < -0.39 is 12.1 Å². The van der Waals surface area contributed by atoms with Crippen LogP contribution < -0.4 is 10.1 Å². The van der Waals surface area contributed by atoms with Crippen molar-refractivity contribution in [1.82, 2.24) is 5.32 Å². The van der Waals surface area contributed by atoms with E-state index >= 15 is 0 Å². The molecule has 0 fully saturated rings. The van der Waals surface area contributed by atoms with Crippen molar-refractivity contribution in [2.45, 2.75) is 72.8 Å². The summed E-state index contributed by atoms with van der Waals surface area (Å²) in [7, 11) is 1.19. The van der Waals surface area contributed by atoms with Gasteiger partial charge in [-0.2, -0.15) is 0 Å². The third kappa shape index (κ3) is 8.92. The molecule has 3 rings (SSSR count). The highest BCUT2D eigenvalue weighted by atomic mass is 16.5. The molecule has 0 heterocycles. The monoisotopic (exact) mass is 559 g/mol. The summed E-state index contributed by atoms with van der Waals surface area (Å²) in [5, 5.41) is 12.2. The molecule has 0 aliphatic rings. The zero-order valence-electron chi connectivity index (χ0n) is 25.8. The minimum atomic E-state index is -1.38. The van der Waals surface area contributed by atoms with Crippen molar-refractivity contribution >= 4 is 11.9 Å². The lowest BCUT2D eigenvalue weighted by atomic mass is 9.85. The summed E-state index contributed by atoms with van der Waals surface area (Å²) in [5.74, 6) is -0.251. The number of methoxy groups -OCH3 is 1. The highest BCUT2D eigenvalue weighted by Crippen LogP contribution is 2.34. The molecule has 0 aliphatic carbocycles. The molecule has 0 bridgehead atoms. The van der Waals surface area contributed by atoms with E-state index in [0.29, 0.717) is 12.2 Å². The smallest absolute Gasteiger partial charge is 0.336 e. The van der Waals surface area contributed by atoms with Gasteiger partial charge in [0.15, 0.2) is 6.10 Å². The Balaban J connectivity index is 1.55. The molecule has 1 atom stereocenters. The molecule has 1 amide bonds. The topological polar surface area (TPSA) is 84.9 Å². The Kier molecular flexibility index (Phi) is 10.4. The molecular weight excluding hydrogens is 514 g/mol. The predicted molar refractivity (Wildman–Crippen MR) is 164 cm³/mol. The summed E-state index contributed by atoms with van der Waals surface area (Å²) in [6.45, 7) is 15.8. The van der Waals surface area contributed by atoms with Crippen LogP contribution in [-0.4, -0.2) is 43.3 Å². The molecule has 0 radical (unpaired) electrons. The van der Waals surface area contributed by atoms with Crippen LogP contribution in [0.15, 0.2) is 60.7 Å². The van der Waals surface area contributed by atoms with Gasteiger partial charge in [0, 0.05) is 5.56 Å². The van der Waals surface area contributed by atoms with Crippen molar-refractivity contribution in [3.63, 3.8) is 0 Å². The number of ether oxygens (including phenoxy) is 2. The Morgan fingerprint density at radius 3 is 2.02 bits per heavy atom. The van der Waals surface area contributed by atoms with Crippen LogP contribution in [0.1, 0.15) is 73.7 Å². The third-order valence-corrected chi connectivity index (χ3v) is 7.41. The van der Waals surface area contributed by atoms with Gasteiger partial charge < -0.3 is 19.9 Å². The maximum Gasteiger partial charge on any atom is 0.336 e. The van der Waals surface area contributed by atoms with Gasteiger partial charge in [0.05, 0.1) is 20.3 Å². The first-order chi connectivity index (χ1) is 19.2. The normalized spacial score (nSPS) is 12.5. The van der Waals surface area contributed by atoms with Crippen molar-refractivity contribution in [1.29, 1.82) is 0 Å². The number of benzene rings is 3. The van der Waals surface area contributed by atoms with Gasteiger partial charge in [-0.1, -0.05) is 71.0 Å². The molecule has 0 saturated heterocycles. The second-order valence-corrected chi connectivity index (χ2v) is 12.7. The Bertz CT molecular complexity index is 1310. The molecule has 3 aromatic carbocycles. The van der Waals surface area contributed by atoms with E-state index in [4.69, 9.17) is 4.74 Å². The van der Waals surface area contributed by atoms with Crippen LogP contribution in [0.2, 0.25) is 0 Å². The third-order valence-electron chi connectivity index (χ3n) is 7.41. The van der Waals surface area contributed by atoms with E-state index in [-0.39, 0.29) is 23.3 Å². The van der Waals surface area contributed by atoms with Crippen LogP contribution in [0.25, 0.3) is 11.1 Å². The lowest BCUT2D eigenvalue weighted by Crippen LogP contribution is -2.37. The van der Waals surface area contributed by atoms with Gasteiger partial charge in [-0.25, -0.2) is 4.79 Å². The minimum absolute atomic E-state index is 0.0522. The van der Waals surface area contributed by atoms with Crippen LogP contribution in [0.5, 0.6) is 5.75 Å². The number of aliphatic hydroxyl groups excluding tert-OH is 1. The van der Waals surface area contributed by atoms with Crippen LogP contribution >= 0.6 is 0 Å². The lowest BCUT2D eigenvalue weighted by Gasteiger charge is -2.25. The van der Waals surface area contributed by atoms with Crippen molar-refractivity contribution in [3.8, 4) is 16.9 Å². The van der Waals surface area contributed by atoms with E-state index in [0.717, 1.165) is 24.2 Å². The molecule has 0 saturated carbocycles. The summed E-state index contributed by atoms with van der Waals surface area (Å²) in [5.41, 5.74) is 7.88. The number of hydrogen-bond acceptors (Lipinski definition) is 5. The Morgan fingerprint density at radius 2 is 1.49 bits per heavy atom. The second-order valence-electron chi connectivity index (χ2n) is 12.7. The number of aryl methyl sites for hydroxylation is 3. The van der Waals surface area contributed by atoms with Gasteiger partial charge in [0.2, 0.25) is 0 Å². The first-order valence-corrected chi connectivity index (χ1v) is 14.2. The summed E-state index contributed by atoms with van der Waals surface area (Å²) in [6.07, 6.45) is 0.380. The lowest BCUT2D eigenvalue weighted by molar-refractivity contribution is -0.149. The fourth-order valence-electron chi connectivity index (χ4n) is 4.77. The SMILES string of the molecule is COC(=O)C(O)CNC(=O)c1ccc(CCC(C)(C)COc2cc(C)c(-c3ccc(C(C)(C)C)cc3)c(C)c2)cc1. The van der Waals surface area contributed by atoms with E-state index in [9.17, 15) is 14.7 Å². The van der Waals surface area contributed by atoms with Gasteiger partial charge in [0.25, 0.3) is 5.91 Å². The summed E-state index contributed by atoms with van der Waals surface area (Å²) in [4.78, 5) is 23.6. The molecule has 0 aromatic heterocycles. The minimum Gasteiger partial charge on any atom is -0.493 e. The molecule has 6 nitrogen and oxygen atoms in total. The van der Waals surface area contributed by atoms with Gasteiger partial charge in [-0.15, -0.1) is 0 Å². The van der Waals surface area contributed by atoms with Crippen LogP contribution in [0.4, 0.5) is 0 Å². The van der Waals surface area contributed by atoms with Gasteiger partial charge in [-0.3, -0.25) is 4.79 Å². The molecule has 220 valence electrons. The fourth-order valence-corrected chi connectivity index (χ4v) is 4.77. The van der Waals surface area contributed by atoms with Gasteiger partial charge in [-0.05, 0) is 95.2 Å². The molecule has 6 heteroatoms. The van der Waals surface area contributed by atoms with E-state index in [1.165, 1.54) is 34.9 Å². The summed E-state index contributed by atoms with van der Waals surface area (Å²) in [6, 6.07) is 20.5. The first kappa shape index (κ1) is 31.9. The van der Waals surface area contributed by atoms with Crippen molar-refractivity contribution in [3.05, 3.63) is 88.5 Å². The van der Waals surface area contributed by atoms with Crippen molar-refractivity contribution in [2.75, 3.05) is 20.3 Å². The molecular formula is C35H45NO5. The van der Waals surface area contributed by atoms with E-state index in [2.05, 4.69) is 94.9 Å². The maximum atomic E-state index is 12.3. The number of aliphatic hydroxyl groups is 1. The second kappa shape index (κ2) is 13.3. The van der Waals surface area contributed by atoms with Crippen molar-refractivity contribution < 1.29 is 24.2 Å². The largest absolute Gasteiger partial charge is 0.493 e. The van der Waals surface area contributed by atoms with Crippen LogP contribution in [0.3, 0.4) is 0 Å². The summed E-state index contributed by atoms with van der Waals surface area (Å²) >= 11 is 0. The van der Waals surface area contributed by atoms with Gasteiger partial charge >= 0.3 is 5.97 Å². The zero-order chi connectivity index (χ0) is 30.4. The van der Waals surface area contributed by atoms with Crippen molar-refractivity contribution in [2.24, 2.45) is 5.41 Å².